The highest BCUT2D eigenvalue weighted by Crippen LogP contribution is 2.18. The first kappa shape index (κ1) is 21.8. The van der Waals surface area contributed by atoms with Crippen LogP contribution in [0.5, 0.6) is 5.75 Å². The number of carbonyl (C=O) groups excluding carboxylic acids is 2. The molecule has 1 amide bonds. The number of benzene rings is 2. The van der Waals surface area contributed by atoms with Crippen LogP contribution in [0.25, 0.3) is 0 Å². The van der Waals surface area contributed by atoms with E-state index in [-0.39, 0.29) is 24.0 Å². The minimum absolute atomic E-state index is 0.0456. The van der Waals surface area contributed by atoms with Crippen molar-refractivity contribution in [1.29, 1.82) is 0 Å². The predicted octanol–water partition coefficient (Wildman–Crippen LogP) is 2.32. The Morgan fingerprint density at radius 3 is 2.34 bits per heavy atom. The Balaban J connectivity index is 1.79. The summed E-state index contributed by atoms with van der Waals surface area (Å²) in [4.78, 5) is 33.7. The van der Waals surface area contributed by atoms with E-state index in [0.717, 1.165) is 0 Å². The van der Waals surface area contributed by atoms with Gasteiger partial charge in [-0.05, 0) is 49.2 Å². The number of amides is 1. The smallest absolute Gasteiger partial charge is 0.429 e. The van der Waals surface area contributed by atoms with E-state index >= 15 is 0 Å². The standard InChI is InChI=1S/C19H22N4O6/c20-11-1-2-17(21)18(24)22-14-5-3-13(4-6-14)12-28-19(25)29-16-9-7-15(8-10-16)23(26)27/h3-10,17H,1-2,11-12,20-21H2,(H,22,24)/t17-/m0/s1. The van der Waals surface area contributed by atoms with Crippen LogP contribution in [-0.2, 0) is 16.1 Å². The second-order valence-electron chi connectivity index (χ2n) is 6.12. The van der Waals surface area contributed by atoms with Crippen LogP contribution in [0.2, 0.25) is 0 Å². The van der Waals surface area contributed by atoms with Crippen LogP contribution in [0.3, 0.4) is 0 Å². The Morgan fingerprint density at radius 2 is 1.76 bits per heavy atom. The fourth-order valence-corrected chi connectivity index (χ4v) is 2.29. The molecule has 0 saturated carbocycles. The lowest BCUT2D eigenvalue weighted by molar-refractivity contribution is -0.384. The van der Waals surface area contributed by atoms with Crippen LogP contribution in [0.1, 0.15) is 18.4 Å². The molecule has 0 aliphatic carbocycles. The van der Waals surface area contributed by atoms with Crippen LogP contribution in [0, 0.1) is 10.1 Å². The third kappa shape index (κ3) is 7.20. The van der Waals surface area contributed by atoms with E-state index in [1.807, 2.05) is 0 Å². The molecule has 2 rings (SSSR count). The number of carbonyl (C=O) groups is 2. The molecule has 1 atom stereocenters. The van der Waals surface area contributed by atoms with Crippen molar-refractivity contribution in [2.45, 2.75) is 25.5 Å². The van der Waals surface area contributed by atoms with Crippen molar-refractivity contribution in [3.63, 3.8) is 0 Å². The average Bonchev–Trinajstić information content (AvgIpc) is 2.71. The predicted molar refractivity (Wildman–Crippen MR) is 105 cm³/mol. The van der Waals surface area contributed by atoms with Crippen molar-refractivity contribution in [3.8, 4) is 5.75 Å². The second-order valence-corrected chi connectivity index (χ2v) is 6.12. The van der Waals surface area contributed by atoms with Crippen molar-refractivity contribution in [2.75, 3.05) is 11.9 Å². The molecule has 0 heterocycles. The first-order valence-corrected chi connectivity index (χ1v) is 8.83. The van der Waals surface area contributed by atoms with Crippen LogP contribution in [0.4, 0.5) is 16.2 Å². The molecule has 29 heavy (non-hydrogen) atoms. The largest absolute Gasteiger partial charge is 0.514 e. The van der Waals surface area contributed by atoms with E-state index in [9.17, 15) is 19.7 Å². The van der Waals surface area contributed by atoms with E-state index < -0.39 is 17.1 Å². The number of nitrogens with one attached hydrogen (secondary N) is 1. The highest BCUT2D eigenvalue weighted by Gasteiger charge is 2.13. The minimum Gasteiger partial charge on any atom is -0.429 e. The molecule has 0 aliphatic rings. The fourth-order valence-electron chi connectivity index (χ4n) is 2.29. The van der Waals surface area contributed by atoms with E-state index in [2.05, 4.69) is 5.32 Å². The van der Waals surface area contributed by atoms with Gasteiger partial charge >= 0.3 is 6.16 Å². The number of hydrogen-bond donors (Lipinski definition) is 3. The zero-order valence-electron chi connectivity index (χ0n) is 15.6. The van der Waals surface area contributed by atoms with Gasteiger partial charge in [0.05, 0.1) is 11.0 Å². The van der Waals surface area contributed by atoms with E-state index in [1.54, 1.807) is 24.3 Å². The summed E-state index contributed by atoms with van der Waals surface area (Å²) >= 11 is 0. The molecule has 0 spiro atoms. The molecule has 0 fully saturated rings. The molecule has 10 nitrogen and oxygen atoms in total. The molecule has 154 valence electrons. The van der Waals surface area contributed by atoms with Gasteiger partial charge < -0.3 is 26.3 Å². The zero-order valence-corrected chi connectivity index (χ0v) is 15.6. The van der Waals surface area contributed by atoms with Crippen LogP contribution >= 0.6 is 0 Å². The quantitative estimate of drug-likeness (QED) is 0.249. The number of nitrogens with two attached hydrogens (primary N) is 2. The second kappa shape index (κ2) is 10.7. The van der Waals surface area contributed by atoms with Crippen LogP contribution in [0.15, 0.2) is 48.5 Å². The number of hydrogen-bond acceptors (Lipinski definition) is 8. The number of anilines is 1. The zero-order chi connectivity index (χ0) is 21.2. The summed E-state index contributed by atoms with van der Waals surface area (Å²) in [6.45, 7) is 0.429. The molecule has 10 heteroatoms. The molecule has 0 radical (unpaired) electrons. The summed E-state index contributed by atoms with van der Waals surface area (Å²) in [5.74, 6) is -0.168. The maximum absolute atomic E-state index is 12.0. The normalized spacial score (nSPS) is 11.4. The number of nitrogens with zero attached hydrogens (tertiary/aromatic N) is 1. The number of non-ortho nitro benzene ring substituents is 1. The van der Waals surface area contributed by atoms with Crippen molar-refractivity contribution in [2.24, 2.45) is 11.5 Å². The molecule has 0 aromatic heterocycles. The summed E-state index contributed by atoms with van der Waals surface area (Å²) < 4.78 is 9.94. The number of ether oxygens (including phenoxy) is 2. The summed E-state index contributed by atoms with van der Waals surface area (Å²) in [7, 11) is 0. The van der Waals surface area contributed by atoms with E-state index in [0.29, 0.717) is 30.6 Å². The lowest BCUT2D eigenvalue weighted by atomic mass is 10.1. The molecule has 5 N–H and O–H groups in total. The van der Waals surface area contributed by atoms with Gasteiger partial charge in [-0.25, -0.2) is 4.79 Å². The molecular weight excluding hydrogens is 380 g/mol. The van der Waals surface area contributed by atoms with Crippen molar-refractivity contribution < 1.29 is 24.0 Å². The van der Waals surface area contributed by atoms with Gasteiger partial charge in [0.15, 0.2) is 0 Å². The molecule has 0 aliphatic heterocycles. The van der Waals surface area contributed by atoms with Crippen molar-refractivity contribution in [1.82, 2.24) is 0 Å². The average molecular weight is 402 g/mol. The SMILES string of the molecule is NCCC[C@H](N)C(=O)Nc1ccc(COC(=O)Oc2ccc([N+](=O)[O-])cc2)cc1. The van der Waals surface area contributed by atoms with E-state index in [4.69, 9.17) is 20.9 Å². The third-order valence-electron chi connectivity index (χ3n) is 3.88. The van der Waals surface area contributed by atoms with Gasteiger partial charge in [-0.1, -0.05) is 12.1 Å². The lowest BCUT2D eigenvalue weighted by Crippen LogP contribution is -2.35. The summed E-state index contributed by atoms with van der Waals surface area (Å²) in [5, 5.41) is 13.3. The lowest BCUT2D eigenvalue weighted by Gasteiger charge is -2.12. The first-order chi connectivity index (χ1) is 13.9. The Morgan fingerprint density at radius 1 is 1.10 bits per heavy atom. The maximum atomic E-state index is 12.0. The third-order valence-corrected chi connectivity index (χ3v) is 3.88. The molecule has 0 saturated heterocycles. The highest BCUT2D eigenvalue weighted by atomic mass is 16.7. The Bertz CT molecular complexity index is 839. The number of nitro benzene ring substituents is 1. The van der Waals surface area contributed by atoms with Crippen LogP contribution in [-0.4, -0.2) is 29.6 Å². The van der Waals surface area contributed by atoms with Crippen LogP contribution < -0.4 is 21.5 Å². The minimum atomic E-state index is -0.942. The number of nitro groups is 1. The highest BCUT2D eigenvalue weighted by molar-refractivity contribution is 5.94. The first-order valence-electron chi connectivity index (χ1n) is 8.83. The van der Waals surface area contributed by atoms with Gasteiger partial charge in [-0.2, -0.15) is 0 Å². The molecule has 0 unspecified atom stereocenters. The summed E-state index contributed by atoms with van der Waals surface area (Å²) in [6, 6.07) is 11.1. The van der Waals surface area contributed by atoms with Gasteiger partial charge in [0.25, 0.3) is 5.69 Å². The summed E-state index contributed by atoms with van der Waals surface area (Å²) in [5.41, 5.74) is 12.3. The van der Waals surface area contributed by atoms with Gasteiger partial charge in [0, 0.05) is 17.8 Å². The van der Waals surface area contributed by atoms with Crippen molar-refractivity contribution >= 4 is 23.4 Å². The maximum Gasteiger partial charge on any atom is 0.514 e. The van der Waals surface area contributed by atoms with Gasteiger partial charge in [0.2, 0.25) is 5.91 Å². The van der Waals surface area contributed by atoms with Gasteiger partial charge in [-0.15, -0.1) is 0 Å². The fraction of sp³-hybridized carbons (Fsp3) is 0.263. The van der Waals surface area contributed by atoms with E-state index in [1.165, 1.54) is 24.3 Å². The van der Waals surface area contributed by atoms with Gasteiger partial charge in [0.1, 0.15) is 12.4 Å². The molecule has 0 bridgehead atoms. The van der Waals surface area contributed by atoms with Gasteiger partial charge in [-0.3, -0.25) is 14.9 Å². The number of rotatable bonds is 9. The van der Waals surface area contributed by atoms with Crippen molar-refractivity contribution in [3.05, 3.63) is 64.2 Å². The Hall–Kier alpha value is -3.50. The molecular formula is C19H22N4O6. The molecule has 2 aromatic carbocycles. The Labute approximate surface area is 166 Å². The summed E-state index contributed by atoms with van der Waals surface area (Å²) in [6.07, 6.45) is 0.230. The Kier molecular flexibility index (Phi) is 8.07. The molecule has 2 aromatic rings. The monoisotopic (exact) mass is 402 g/mol. The topological polar surface area (TPSA) is 160 Å².